The maximum absolute atomic E-state index is 9.55. The molecule has 2 atom stereocenters. The van der Waals surface area contributed by atoms with Crippen molar-refractivity contribution >= 4 is 23.5 Å². The number of hydrogen-bond donors (Lipinski definition) is 2. The molecule has 1 saturated heterocycles. The summed E-state index contributed by atoms with van der Waals surface area (Å²) in [5.74, 6) is -2.51. The number of benzene rings is 2. The Morgan fingerprint density at radius 3 is 2.07 bits per heavy atom. The van der Waals surface area contributed by atoms with E-state index in [4.69, 9.17) is 26.6 Å². The first-order valence-corrected chi connectivity index (χ1v) is 9.51. The average Bonchev–Trinajstić information content (AvgIpc) is 3.11. The zero-order chi connectivity index (χ0) is 21.2. The molecule has 0 aromatic heterocycles. The fraction of sp³-hybridized carbons (Fsp3) is 0.273. The third-order valence-electron chi connectivity index (χ3n) is 4.32. The van der Waals surface area contributed by atoms with Gasteiger partial charge in [-0.25, -0.2) is 9.59 Å². The summed E-state index contributed by atoms with van der Waals surface area (Å²) < 4.78 is 6.41. The first kappa shape index (κ1) is 22.6. The van der Waals surface area contributed by atoms with Gasteiger partial charge in [-0.05, 0) is 36.7 Å². The van der Waals surface area contributed by atoms with Crippen LogP contribution >= 0.6 is 11.6 Å². The van der Waals surface area contributed by atoms with Crippen LogP contribution in [0.1, 0.15) is 23.7 Å². The minimum absolute atomic E-state index is 0.0278. The van der Waals surface area contributed by atoms with E-state index in [2.05, 4.69) is 48.3 Å². The van der Waals surface area contributed by atoms with Gasteiger partial charge in [0, 0.05) is 30.3 Å². The van der Waals surface area contributed by atoms with E-state index in [9.17, 15) is 9.59 Å². The zero-order valence-corrected chi connectivity index (χ0v) is 16.8. The van der Waals surface area contributed by atoms with E-state index in [1.54, 1.807) is 0 Å². The van der Waals surface area contributed by atoms with Gasteiger partial charge in [-0.2, -0.15) is 0 Å². The normalized spacial score (nSPS) is 17.5. The molecule has 2 aromatic carbocycles. The molecule has 1 aliphatic rings. The molecular formula is C22H24ClNO5. The predicted molar refractivity (Wildman–Crippen MR) is 111 cm³/mol. The summed E-state index contributed by atoms with van der Waals surface area (Å²) in [7, 11) is 2.14. The van der Waals surface area contributed by atoms with Crippen molar-refractivity contribution in [3.63, 3.8) is 0 Å². The van der Waals surface area contributed by atoms with Crippen molar-refractivity contribution in [3.05, 3.63) is 82.9 Å². The first-order valence-electron chi connectivity index (χ1n) is 9.13. The summed E-state index contributed by atoms with van der Waals surface area (Å²) in [5, 5.41) is 16.4. The number of rotatable bonds is 6. The summed E-state index contributed by atoms with van der Waals surface area (Å²) in [5.41, 5.74) is 2.34. The maximum atomic E-state index is 9.55. The maximum Gasteiger partial charge on any atom is 0.328 e. The van der Waals surface area contributed by atoms with Gasteiger partial charge in [0.2, 0.25) is 0 Å². The largest absolute Gasteiger partial charge is 0.478 e. The Morgan fingerprint density at radius 1 is 1.03 bits per heavy atom. The van der Waals surface area contributed by atoms with Crippen LogP contribution in [0.4, 0.5) is 0 Å². The van der Waals surface area contributed by atoms with Crippen molar-refractivity contribution in [3.8, 4) is 0 Å². The van der Waals surface area contributed by atoms with Gasteiger partial charge in [0.15, 0.2) is 0 Å². The molecule has 3 rings (SSSR count). The molecule has 0 radical (unpaired) electrons. The highest BCUT2D eigenvalue weighted by Crippen LogP contribution is 2.30. The lowest BCUT2D eigenvalue weighted by Crippen LogP contribution is -2.21. The van der Waals surface area contributed by atoms with Crippen molar-refractivity contribution in [1.82, 2.24) is 4.90 Å². The van der Waals surface area contributed by atoms with Crippen LogP contribution < -0.4 is 0 Å². The lowest BCUT2D eigenvalue weighted by molar-refractivity contribution is -0.134. The highest BCUT2D eigenvalue weighted by molar-refractivity contribution is 6.30. The molecule has 29 heavy (non-hydrogen) atoms. The van der Waals surface area contributed by atoms with E-state index in [-0.39, 0.29) is 12.2 Å². The average molecular weight is 418 g/mol. The Bertz CT molecular complexity index is 807. The van der Waals surface area contributed by atoms with Crippen molar-refractivity contribution in [2.75, 3.05) is 20.1 Å². The number of hydrogen-bond acceptors (Lipinski definition) is 4. The van der Waals surface area contributed by atoms with Crippen LogP contribution in [-0.2, 0) is 14.3 Å². The molecule has 0 saturated carbocycles. The quantitative estimate of drug-likeness (QED) is 0.694. The Morgan fingerprint density at radius 2 is 1.59 bits per heavy atom. The molecule has 0 aliphatic carbocycles. The molecule has 1 aliphatic heterocycles. The van der Waals surface area contributed by atoms with Crippen molar-refractivity contribution in [1.29, 1.82) is 0 Å². The molecule has 0 spiro atoms. The third-order valence-corrected chi connectivity index (χ3v) is 4.57. The number of carboxylic acids is 2. The molecule has 1 fully saturated rings. The second-order valence-corrected chi connectivity index (χ2v) is 7.10. The van der Waals surface area contributed by atoms with Crippen molar-refractivity contribution in [2.45, 2.75) is 18.6 Å². The van der Waals surface area contributed by atoms with Crippen LogP contribution in [0.25, 0.3) is 0 Å². The third kappa shape index (κ3) is 8.07. The van der Waals surface area contributed by atoms with E-state index in [1.807, 2.05) is 18.2 Å². The minimum atomic E-state index is -1.26. The van der Waals surface area contributed by atoms with Gasteiger partial charge in [0.05, 0.1) is 6.10 Å². The molecule has 7 heteroatoms. The highest BCUT2D eigenvalue weighted by atomic mass is 35.5. The Balaban J connectivity index is 0.000000321. The van der Waals surface area contributed by atoms with E-state index in [0.717, 1.165) is 30.1 Å². The standard InChI is InChI=1S/C18H20ClNO.C4H4O4/c1-20-12-11-17(13-20)21-18(14-5-3-2-4-6-14)15-7-9-16(19)10-8-15;5-3(6)1-2-4(7)8/h2-10,17-18H,11-13H2,1H3;1-2H,(H,5,6)(H,7,8). The van der Waals surface area contributed by atoms with Gasteiger partial charge < -0.3 is 19.8 Å². The topological polar surface area (TPSA) is 87.1 Å². The first-order chi connectivity index (χ1) is 13.8. The minimum Gasteiger partial charge on any atom is -0.478 e. The molecule has 6 nitrogen and oxygen atoms in total. The number of likely N-dealkylation sites (tertiary alicyclic amines) is 1. The molecule has 0 amide bonds. The molecule has 2 unspecified atom stereocenters. The van der Waals surface area contributed by atoms with Crippen LogP contribution in [-0.4, -0.2) is 53.3 Å². The molecule has 154 valence electrons. The smallest absolute Gasteiger partial charge is 0.328 e. The number of carboxylic acid groups (broad SMARTS) is 2. The molecule has 0 bridgehead atoms. The Labute approximate surface area is 175 Å². The fourth-order valence-corrected chi connectivity index (χ4v) is 3.08. The Kier molecular flexibility index (Phi) is 8.86. The predicted octanol–water partition coefficient (Wildman–Crippen LogP) is 3.86. The molecule has 2 N–H and O–H groups in total. The summed E-state index contributed by atoms with van der Waals surface area (Å²) in [4.78, 5) is 21.4. The second-order valence-electron chi connectivity index (χ2n) is 6.66. The second kappa shape index (κ2) is 11.4. The van der Waals surface area contributed by atoms with Crippen molar-refractivity contribution < 1.29 is 24.5 Å². The van der Waals surface area contributed by atoms with Gasteiger partial charge in [0.1, 0.15) is 6.10 Å². The molecule has 1 heterocycles. The van der Waals surface area contributed by atoms with E-state index in [1.165, 1.54) is 5.56 Å². The Hall–Kier alpha value is -2.67. The van der Waals surface area contributed by atoms with E-state index >= 15 is 0 Å². The van der Waals surface area contributed by atoms with Gasteiger partial charge in [-0.3, -0.25) is 0 Å². The molecular weight excluding hydrogens is 394 g/mol. The van der Waals surface area contributed by atoms with Crippen LogP contribution in [0.2, 0.25) is 5.02 Å². The van der Waals surface area contributed by atoms with Gasteiger partial charge in [-0.1, -0.05) is 54.1 Å². The number of likely N-dealkylation sites (N-methyl/N-ethyl adjacent to an activating group) is 1. The van der Waals surface area contributed by atoms with E-state index < -0.39 is 11.9 Å². The summed E-state index contributed by atoms with van der Waals surface area (Å²) in [6, 6.07) is 18.4. The number of halogens is 1. The number of nitrogens with zero attached hydrogens (tertiary/aromatic N) is 1. The number of carbonyl (C=O) groups is 2. The van der Waals surface area contributed by atoms with Crippen LogP contribution in [0.3, 0.4) is 0 Å². The van der Waals surface area contributed by atoms with E-state index in [0.29, 0.717) is 12.2 Å². The fourth-order valence-electron chi connectivity index (χ4n) is 2.96. The van der Waals surface area contributed by atoms with Crippen LogP contribution in [0.15, 0.2) is 66.7 Å². The van der Waals surface area contributed by atoms with Crippen LogP contribution in [0, 0.1) is 0 Å². The highest BCUT2D eigenvalue weighted by Gasteiger charge is 2.25. The molecule has 2 aromatic rings. The van der Waals surface area contributed by atoms with Crippen LogP contribution in [0.5, 0.6) is 0 Å². The lowest BCUT2D eigenvalue weighted by Gasteiger charge is -2.23. The zero-order valence-electron chi connectivity index (χ0n) is 16.1. The lowest BCUT2D eigenvalue weighted by atomic mass is 10.0. The van der Waals surface area contributed by atoms with Gasteiger partial charge >= 0.3 is 11.9 Å². The summed E-state index contributed by atoms with van der Waals surface area (Å²) >= 11 is 6.00. The number of aliphatic carboxylic acids is 2. The van der Waals surface area contributed by atoms with Gasteiger partial charge in [0.25, 0.3) is 0 Å². The SMILES string of the molecule is CN1CCC(OC(c2ccccc2)c2ccc(Cl)cc2)C1.O=C(O)C=CC(=O)O. The van der Waals surface area contributed by atoms with Gasteiger partial charge in [-0.15, -0.1) is 0 Å². The summed E-state index contributed by atoms with van der Waals surface area (Å²) in [6.07, 6.45) is 2.47. The van der Waals surface area contributed by atoms with Crippen molar-refractivity contribution in [2.24, 2.45) is 0 Å². The number of ether oxygens (including phenoxy) is 1. The summed E-state index contributed by atoms with van der Waals surface area (Å²) in [6.45, 7) is 2.10. The monoisotopic (exact) mass is 417 g/mol.